The molecular formula is C30H46N4O5. The van der Waals surface area contributed by atoms with Crippen LogP contribution in [0.3, 0.4) is 0 Å². The van der Waals surface area contributed by atoms with E-state index in [-0.39, 0.29) is 11.8 Å². The predicted molar refractivity (Wildman–Crippen MR) is 153 cm³/mol. The highest BCUT2D eigenvalue weighted by Crippen LogP contribution is 2.17. The normalized spacial score (nSPS) is 17.3. The van der Waals surface area contributed by atoms with Crippen LogP contribution in [0.4, 0.5) is 0 Å². The van der Waals surface area contributed by atoms with E-state index in [1.54, 1.807) is 14.0 Å². The lowest BCUT2D eigenvalue weighted by atomic mass is 10.0. The van der Waals surface area contributed by atoms with Gasteiger partial charge in [-0.3, -0.25) is 24.2 Å². The summed E-state index contributed by atoms with van der Waals surface area (Å²) in [5, 5.41) is 13.2. The number of nitrogens with one attached hydrogen (secondary N) is 2. The third kappa shape index (κ3) is 9.80. The third-order valence-corrected chi connectivity index (χ3v) is 7.09. The van der Waals surface area contributed by atoms with E-state index in [1.165, 1.54) is 21.0 Å². The van der Waals surface area contributed by atoms with Gasteiger partial charge in [0.15, 0.2) is 0 Å². The van der Waals surface area contributed by atoms with Gasteiger partial charge in [-0.25, -0.2) is 5.43 Å². The maximum Gasteiger partial charge on any atom is 0.322 e. The average Bonchev–Trinajstić information content (AvgIpc) is 2.89. The number of carbonyl (C=O) groups is 4. The number of carbonyl (C=O) groups excluding carboxylic acids is 3. The first-order valence-corrected chi connectivity index (χ1v) is 14.0. The minimum absolute atomic E-state index is 0.113. The van der Waals surface area contributed by atoms with Crippen molar-refractivity contribution in [2.24, 2.45) is 5.92 Å². The number of carboxylic acid groups (broad SMARTS) is 1. The van der Waals surface area contributed by atoms with Crippen molar-refractivity contribution in [3.63, 3.8) is 0 Å². The second-order valence-electron chi connectivity index (χ2n) is 11.0. The van der Waals surface area contributed by atoms with E-state index in [0.29, 0.717) is 38.1 Å². The average molecular weight is 543 g/mol. The number of nitrogens with zero attached hydrogens (tertiary/aromatic N) is 2. The Morgan fingerprint density at radius 3 is 2.51 bits per heavy atom. The Morgan fingerprint density at radius 1 is 1.15 bits per heavy atom. The van der Waals surface area contributed by atoms with Crippen molar-refractivity contribution in [1.29, 1.82) is 0 Å². The fourth-order valence-corrected chi connectivity index (χ4v) is 4.75. The van der Waals surface area contributed by atoms with E-state index in [9.17, 15) is 24.3 Å². The first-order valence-electron chi connectivity index (χ1n) is 14.0. The highest BCUT2D eigenvalue weighted by molar-refractivity contribution is 5.92. The molecule has 3 amide bonds. The van der Waals surface area contributed by atoms with Crippen LogP contribution in [-0.2, 0) is 19.2 Å². The molecule has 1 aromatic rings. The number of allylic oxidation sites excluding steroid dienone is 1. The number of rotatable bonds is 13. The molecule has 1 heterocycles. The van der Waals surface area contributed by atoms with Crippen LogP contribution in [0.2, 0.25) is 0 Å². The Labute approximate surface area is 233 Å². The molecule has 0 bridgehead atoms. The van der Waals surface area contributed by atoms with Gasteiger partial charge in [0.1, 0.15) is 18.1 Å². The van der Waals surface area contributed by atoms with Gasteiger partial charge in [-0.05, 0) is 62.0 Å². The number of likely N-dealkylation sites (N-methyl/N-ethyl adjacent to an activating group) is 1. The monoisotopic (exact) mass is 542 g/mol. The molecule has 3 N–H and O–H groups in total. The lowest BCUT2D eigenvalue weighted by molar-refractivity contribution is -0.149. The summed E-state index contributed by atoms with van der Waals surface area (Å²) in [7, 11) is 1.63. The smallest absolute Gasteiger partial charge is 0.322 e. The lowest BCUT2D eigenvalue weighted by Crippen LogP contribution is -2.60. The fourth-order valence-electron chi connectivity index (χ4n) is 4.75. The van der Waals surface area contributed by atoms with Gasteiger partial charge in [0.2, 0.25) is 11.8 Å². The van der Waals surface area contributed by atoms with E-state index >= 15 is 0 Å². The fraction of sp³-hybridized carbons (Fsp3) is 0.600. The van der Waals surface area contributed by atoms with E-state index < -0.39 is 35.9 Å². The summed E-state index contributed by atoms with van der Waals surface area (Å²) in [4.78, 5) is 51.6. The van der Waals surface area contributed by atoms with Crippen molar-refractivity contribution in [2.75, 3.05) is 13.6 Å². The molecule has 3 atom stereocenters. The summed E-state index contributed by atoms with van der Waals surface area (Å²) < 4.78 is 0. The Balaban J connectivity index is 1.83. The molecule has 216 valence electrons. The van der Waals surface area contributed by atoms with E-state index in [2.05, 4.69) is 61.0 Å². The van der Waals surface area contributed by atoms with Crippen LogP contribution in [-0.4, -0.2) is 70.4 Å². The van der Waals surface area contributed by atoms with Crippen molar-refractivity contribution >= 4 is 29.8 Å². The maximum absolute atomic E-state index is 13.1. The topological polar surface area (TPSA) is 119 Å². The quantitative estimate of drug-likeness (QED) is 0.325. The molecule has 39 heavy (non-hydrogen) atoms. The van der Waals surface area contributed by atoms with Crippen molar-refractivity contribution in [3.8, 4) is 0 Å². The minimum Gasteiger partial charge on any atom is -0.480 e. The maximum atomic E-state index is 13.1. The number of aliphatic carboxylic acids is 1. The van der Waals surface area contributed by atoms with E-state index in [1.807, 2.05) is 13.8 Å². The van der Waals surface area contributed by atoms with E-state index in [0.717, 1.165) is 12.8 Å². The van der Waals surface area contributed by atoms with Gasteiger partial charge in [-0.1, -0.05) is 64.1 Å². The van der Waals surface area contributed by atoms with Crippen molar-refractivity contribution in [1.82, 2.24) is 20.7 Å². The van der Waals surface area contributed by atoms with Gasteiger partial charge in [-0.15, -0.1) is 0 Å². The molecule has 1 aliphatic rings. The lowest BCUT2D eigenvalue weighted by Gasteiger charge is -2.35. The molecule has 0 aliphatic carbocycles. The Bertz CT molecular complexity index is 1020. The number of carboxylic acids is 1. The molecule has 1 fully saturated rings. The number of hydrogen-bond donors (Lipinski definition) is 3. The first kappa shape index (κ1) is 32.0. The zero-order valence-corrected chi connectivity index (χ0v) is 24.3. The van der Waals surface area contributed by atoms with Crippen LogP contribution >= 0.6 is 0 Å². The zero-order chi connectivity index (χ0) is 29.1. The van der Waals surface area contributed by atoms with Crippen LogP contribution in [0.25, 0.3) is 6.08 Å². The van der Waals surface area contributed by atoms with Gasteiger partial charge in [0, 0.05) is 20.0 Å². The van der Waals surface area contributed by atoms with Gasteiger partial charge in [0.05, 0.1) is 0 Å². The highest BCUT2D eigenvalue weighted by Gasteiger charge is 2.34. The molecule has 0 radical (unpaired) electrons. The molecular weight excluding hydrogens is 496 g/mol. The SMILES string of the molecule is CC(NC(=O)C(C(C)C)N(C)C(=O)CCCCC=Cc1cccc(C(C)C)c1)C(=O)N1CCCC(C(=O)O)N1. The Kier molecular flexibility index (Phi) is 12.6. The van der Waals surface area contributed by atoms with Crippen molar-refractivity contribution < 1.29 is 24.3 Å². The molecule has 0 spiro atoms. The molecule has 0 saturated carbocycles. The highest BCUT2D eigenvalue weighted by atomic mass is 16.4. The van der Waals surface area contributed by atoms with Gasteiger partial charge in [-0.2, -0.15) is 0 Å². The molecule has 3 unspecified atom stereocenters. The molecule has 1 aromatic carbocycles. The van der Waals surface area contributed by atoms with Gasteiger partial charge < -0.3 is 15.3 Å². The molecule has 9 heteroatoms. The summed E-state index contributed by atoms with van der Waals surface area (Å²) in [6, 6.07) is 6.07. The largest absolute Gasteiger partial charge is 0.480 e. The van der Waals surface area contributed by atoms with Gasteiger partial charge >= 0.3 is 5.97 Å². The van der Waals surface area contributed by atoms with Crippen LogP contribution in [0.1, 0.15) is 90.2 Å². The second kappa shape index (κ2) is 15.4. The first-order chi connectivity index (χ1) is 18.4. The number of hydrazine groups is 1. The third-order valence-electron chi connectivity index (χ3n) is 7.09. The summed E-state index contributed by atoms with van der Waals surface area (Å²) in [6.07, 6.45) is 8.02. The Hall–Kier alpha value is -3.20. The number of hydrogen-bond acceptors (Lipinski definition) is 5. The second-order valence-corrected chi connectivity index (χ2v) is 11.0. The molecule has 0 aromatic heterocycles. The summed E-state index contributed by atoms with van der Waals surface area (Å²) >= 11 is 0. The number of benzene rings is 1. The molecule has 2 rings (SSSR count). The molecule has 9 nitrogen and oxygen atoms in total. The van der Waals surface area contributed by atoms with Crippen LogP contribution < -0.4 is 10.7 Å². The molecule has 1 aliphatic heterocycles. The predicted octanol–water partition coefficient (Wildman–Crippen LogP) is 3.95. The summed E-state index contributed by atoms with van der Waals surface area (Å²) in [5.74, 6) is -1.61. The number of amides is 3. The van der Waals surface area contributed by atoms with Crippen molar-refractivity contribution in [2.45, 2.75) is 97.2 Å². The number of unbranched alkanes of at least 4 members (excludes halogenated alkanes) is 2. The Morgan fingerprint density at radius 2 is 1.87 bits per heavy atom. The zero-order valence-electron chi connectivity index (χ0n) is 24.3. The van der Waals surface area contributed by atoms with Crippen LogP contribution in [0.15, 0.2) is 30.3 Å². The molecule has 1 saturated heterocycles. The van der Waals surface area contributed by atoms with Crippen LogP contribution in [0, 0.1) is 5.92 Å². The minimum atomic E-state index is -1.02. The van der Waals surface area contributed by atoms with Crippen molar-refractivity contribution in [3.05, 3.63) is 41.5 Å². The van der Waals surface area contributed by atoms with Gasteiger partial charge in [0.25, 0.3) is 5.91 Å². The standard InChI is InChI=1S/C30H46N4O5/c1-20(2)24-15-11-14-23(19-24)13-9-7-8-10-17-26(35)33(6)27(21(3)4)28(36)31-22(5)29(37)34-18-12-16-25(32-34)30(38)39/h9,11,13-15,19-22,25,27,32H,7-8,10,12,16-18H2,1-6H3,(H,31,36)(H,38,39). The summed E-state index contributed by atoms with van der Waals surface area (Å²) in [6.45, 7) is 10.0. The summed E-state index contributed by atoms with van der Waals surface area (Å²) in [5.41, 5.74) is 5.20. The van der Waals surface area contributed by atoms with Crippen LogP contribution in [0.5, 0.6) is 0 Å². The van der Waals surface area contributed by atoms with E-state index in [4.69, 9.17) is 0 Å².